The van der Waals surface area contributed by atoms with E-state index in [4.69, 9.17) is 0 Å². The van der Waals surface area contributed by atoms with Gasteiger partial charge in [-0.25, -0.2) is 8.42 Å². The van der Waals surface area contributed by atoms with Gasteiger partial charge in [-0.2, -0.15) is 4.31 Å². The summed E-state index contributed by atoms with van der Waals surface area (Å²) in [7, 11) is 0.359. The molecule has 3 rings (SSSR count). The number of benzene rings is 2. The number of carbonyl (C=O) groups excluding carboxylic acids is 1. The lowest BCUT2D eigenvalue weighted by molar-refractivity contribution is 0.102. The average molecular weight is 416 g/mol. The quantitative estimate of drug-likeness (QED) is 0.809. The van der Waals surface area contributed by atoms with Gasteiger partial charge < -0.3 is 10.2 Å². The van der Waals surface area contributed by atoms with E-state index in [0.29, 0.717) is 36.2 Å². The molecule has 0 unspecified atom stereocenters. The number of piperidine rings is 1. The molecule has 156 valence electrons. The van der Waals surface area contributed by atoms with Crippen molar-refractivity contribution >= 4 is 27.3 Å². The third-order valence-corrected chi connectivity index (χ3v) is 7.08. The minimum atomic E-state index is -3.52. The number of amides is 1. The first-order chi connectivity index (χ1) is 13.7. The minimum absolute atomic E-state index is 0.232. The molecule has 0 bridgehead atoms. The van der Waals surface area contributed by atoms with Crippen LogP contribution in [-0.2, 0) is 10.0 Å². The van der Waals surface area contributed by atoms with Crippen LogP contribution in [0.3, 0.4) is 0 Å². The highest BCUT2D eigenvalue weighted by atomic mass is 32.2. The summed E-state index contributed by atoms with van der Waals surface area (Å²) in [6.07, 6.45) is 1.05. The summed E-state index contributed by atoms with van der Waals surface area (Å²) in [6.45, 7) is 5.27. The highest BCUT2D eigenvalue weighted by molar-refractivity contribution is 7.89. The van der Waals surface area contributed by atoms with Crippen LogP contribution in [0.4, 0.5) is 11.4 Å². The van der Waals surface area contributed by atoms with Crippen molar-refractivity contribution in [2.75, 3.05) is 37.4 Å². The Hall–Kier alpha value is -2.38. The van der Waals surface area contributed by atoms with Gasteiger partial charge in [0.25, 0.3) is 5.91 Å². The molecule has 0 radical (unpaired) electrons. The van der Waals surface area contributed by atoms with Gasteiger partial charge in [-0.15, -0.1) is 0 Å². The highest BCUT2D eigenvalue weighted by Gasteiger charge is 2.31. The molecule has 2 aromatic carbocycles. The molecule has 0 aliphatic carbocycles. The fourth-order valence-electron chi connectivity index (χ4n) is 3.78. The molecule has 1 fully saturated rings. The van der Waals surface area contributed by atoms with E-state index in [0.717, 1.165) is 12.1 Å². The number of anilines is 2. The molecule has 0 aromatic heterocycles. The number of sulfonamides is 1. The zero-order valence-electron chi connectivity index (χ0n) is 17.4. The van der Waals surface area contributed by atoms with Gasteiger partial charge in [-0.1, -0.05) is 13.8 Å². The molecule has 6 nitrogen and oxygen atoms in total. The Kier molecular flexibility index (Phi) is 6.29. The molecular weight excluding hydrogens is 386 g/mol. The Morgan fingerprint density at radius 3 is 2.03 bits per heavy atom. The van der Waals surface area contributed by atoms with Crippen LogP contribution < -0.4 is 10.2 Å². The first kappa shape index (κ1) is 21.3. The highest BCUT2D eigenvalue weighted by Crippen LogP contribution is 2.27. The Bertz CT molecular complexity index is 944. The van der Waals surface area contributed by atoms with Gasteiger partial charge in [0.05, 0.1) is 4.90 Å². The Morgan fingerprint density at radius 2 is 1.52 bits per heavy atom. The lowest BCUT2D eigenvalue weighted by atomic mass is 9.94. The predicted octanol–water partition coefficient (Wildman–Crippen LogP) is 3.67. The molecule has 1 N–H and O–H groups in total. The first-order valence-electron chi connectivity index (χ1n) is 9.86. The molecule has 29 heavy (non-hydrogen) atoms. The van der Waals surface area contributed by atoms with Crippen molar-refractivity contribution in [3.05, 3.63) is 54.1 Å². The van der Waals surface area contributed by atoms with E-state index >= 15 is 0 Å². The number of rotatable bonds is 5. The van der Waals surface area contributed by atoms with Gasteiger partial charge in [-0.3, -0.25) is 4.79 Å². The number of carbonyl (C=O) groups is 1. The summed E-state index contributed by atoms with van der Waals surface area (Å²) in [5.74, 6) is 0.474. The van der Waals surface area contributed by atoms with Crippen molar-refractivity contribution in [3.63, 3.8) is 0 Å². The summed E-state index contributed by atoms with van der Waals surface area (Å²) < 4.78 is 27.5. The number of hydrogen-bond donors (Lipinski definition) is 1. The van der Waals surface area contributed by atoms with E-state index in [1.165, 1.54) is 0 Å². The molecule has 1 aliphatic heterocycles. The number of nitrogens with one attached hydrogen (secondary N) is 1. The summed E-state index contributed by atoms with van der Waals surface area (Å²) in [5, 5.41) is 2.82. The van der Waals surface area contributed by atoms with Crippen LogP contribution in [0.15, 0.2) is 53.4 Å². The minimum Gasteiger partial charge on any atom is -0.378 e. The second-order valence-electron chi connectivity index (χ2n) is 8.19. The van der Waals surface area contributed by atoms with Crippen molar-refractivity contribution < 1.29 is 13.2 Å². The average Bonchev–Trinajstić information content (AvgIpc) is 2.67. The number of nitrogens with zero attached hydrogens (tertiary/aromatic N) is 2. The summed E-state index contributed by atoms with van der Waals surface area (Å²) in [5.41, 5.74) is 2.12. The largest absolute Gasteiger partial charge is 0.378 e. The maximum atomic E-state index is 13.0. The second kappa shape index (κ2) is 8.55. The zero-order valence-corrected chi connectivity index (χ0v) is 18.2. The van der Waals surface area contributed by atoms with Crippen LogP contribution in [0.5, 0.6) is 0 Å². The standard InChI is InChI=1S/C22H29N3O3S/c1-16-13-17(2)15-25(14-16)29(27,28)21-11-7-19(8-12-21)23-22(26)18-5-9-20(10-6-18)24(3)4/h5-12,16-17H,13-15H2,1-4H3,(H,23,26)/t16-,17-/m0/s1. The third-order valence-electron chi connectivity index (χ3n) is 5.23. The van der Waals surface area contributed by atoms with E-state index < -0.39 is 10.0 Å². The van der Waals surface area contributed by atoms with Gasteiger partial charge in [0.1, 0.15) is 0 Å². The molecular formula is C22H29N3O3S. The second-order valence-corrected chi connectivity index (χ2v) is 10.1. The number of hydrogen-bond acceptors (Lipinski definition) is 4. The normalized spacial score (nSPS) is 20.3. The lowest BCUT2D eigenvalue weighted by Gasteiger charge is -2.34. The van der Waals surface area contributed by atoms with Gasteiger partial charge in [0, 0.05) is 44.1 Å². The smallest absolute Gasteiger partial charge is 0.255 e. The summed E-state index contributed by atoms with van der Waals surface area (Å²) in [6, 6.07) is 13.7. The van der Waals surface area contributed by atoms with Gasteiger partial charge in [-0.05, 0) is 66.8 Å². The van der Waals surface area contributed by atoms with E-state index in [2.05, 4.69) is 19.2 Å². The molecule has 1 saturated heterocycles. The van der Waals surface area contributed by atoms with E-state index in [9.17, 15) is 13.2 Å². The molecule has 0 spiro atoms. The fourth-order valence-corrected chi connectivity index (χ4v) is 5.46. The molecule has 1 amide bonds. The Morgan fingerprint density at radius 1 is 0.966 bits per heavy atom. The first-order valence-corrected chi connectivity index (χ1v) is 11.3. The van der Waals surface area contributed by atoms with E-state index in [1.54, 1.807) is 40.7 Å². The Labute approximate surface area is 173 Å². The predicted molar refractivity (Wildman–Crippen MR) is 117 cm³/mol. The van der Waals surface area contributed by atoms with Crippen LogP contribution in [0.1, 0.15) is 30.6 Å². The Balaban J connectivity index is 1.70. The van der Waals surface area contributed by atoms with Gasteiger partial charge in [0.15, 0.2) is 0 Å². The van der Waals surface area contributed by atoms with Crippen LogP contribution >= 0.6 is 0 Å². The molecule has 7 heteroatoms. The van der Waals surface area contributed by atoms with Crippen molar-refractivity contribution in [1.29, 1.82) is 0 Å². The molecule has 0 saturated carbocycles. The van der Waals surface area contributed by atoms with Crippen molar-refractivity contribution in [2.45, 2.75) is 25.2 Å². The van der Waals surface area contributed by atoms with Crippen molar-refractivity contribution in [1.82, 2.24) is 4.31 Å². The van der Waals surface area contributed by atoms with Crippen LogP contribution in [0.25, 0.3) is 0 Å². The zero-order chi connectivity index (χ0) is 21.2. The lowest BCUT2D eigenvalue weighted by Crippen LogP contribution is -2.42. The molecule has 2 atom stereocenters. The maximum Gasteiger partial charge on any atom is 0.255 e. The maximum absolute atomic E-state index is 13.0. The van der Waals surface area contributed by atoms with E-state index in [1.807, 2.05) is 31.1 Å². The molecule has 1 aliphatic rings. The van der Waals surface area contributed by atoms with Gasteiger partial charge in [0.2, 0.25) is 10.0 Å². The summed E-state index contributed by atoms with van der Waals surface area (Å²) >= 11 is 0. The topological polar surface area (TPSA) is 69.7 Å². The molecule has 2 aromatic rings. The van der Waals surface area contributed by atoms with Crippen LogP contribution in [0, 0.1) is 11.8 Å². The van der Waals surface area contributed by atoms with Gasteiger partial charge >= 0.3 is 0 Å². The van der Waals surface area contributed by atoms with Crippen LogP contribution in [0.2, 0.25) is 0 Å². The third kappa shape index (κ3) is 4.97. The SMILES string of the molecule is C[C@H]1C[C@H](C)CN(S(=O)(=O)c2ccc(NC(=O)c3ccc(N(C)C)cc3)cc2)C1. The monoisotopic (exact) mass is 415 g/mol. The van der Waals surface area contributed by atoms with Crippen molar-refractivity contribution in [2.24, 2.45) is 11.8 Å². The molecule has 1 heterocycles. The summed E-state index contributed by atoms with van der Waals surface area (Å²) in [4.78, 5) is 14.7. The van der Waals surface area contributed by atoms with Crippen LogP contribution in [-0.4, -0.2) is 45.8 Å². The fraction of sp³-hybridized carbons (Fsp3) is 0.409. The van der Waals surface area contributed by atoms with Crippen molar-refractivity contribution in [3.8, 4) is 0 Å². The van der Waals surface area contributed by atoms with E-state index in [-0.39, 0.29) is 10.8 Å².